The lowest BCUT2D eigenvalue weighted by molar-refractivity contribution is -0.117. The van der Waals surface area contributed by atoms with Crippen molar-refractivity contribution in [1.29, 1.82) is 0 Å². The number of nitrogens with zero attached hydrogens (tertiary/aromatic N) is 2. The summed E-state index contributed by atoms with van der Waals surface area (Å²) in [7, 11) is 0. The largest absolute Gasteiger partial charge is 0.347 e. The van der Waals surface area contributed by atoms with Gasteiger partial charge in [0.1, 0.15) is 5.82 Å². The van der Waals surface area contributed by atoms with Gasteiger partial charge in [0.15, 0.2) is 0 Å². The van der Waals surface area contributed by atoms with E-state index in [1.54, 1.807) is 6.92 Å². The summed E-state index contributed by atoms with van der Waals surface area (Å²) in [6, 6.07) is 9.99. The molecule has 0 aliphatic carbocycles. The third kappa shape index (κ3) is 3.90. The second-order valence-electron chi connectivity index (χ2n) is 5.55. The van der Waals surface area contributed by atoms with Gasteiger partial charge in [-0.25, -0.2) is 4.98 Å². The molecular weight excluding hydrogens is 298 g/mol. The number of allylic oxidation sites excluding steroid dienone is 2. The first kappa shape index (κ1) is 17.5. The maximum absolute atomic E-state index is 11.9. The van der Waals surface area contributed by atoms with Gasteiger partial charge in [-0.15, -0.1) is 13.2 Å². The van der Waals surface area contributed by atoms with E-state index in [9.17, 15) is 4.79 Å². The maximum atomic E-state index is 11.9. The Balaban J connectivity index is 2.47. The molecular formula is C20H23N3O. The third-order valence-electron chi connectivity index (χ3n) is 3.64. The van der Waals surface area contributed by atoms with E-state index in [4.69, 9.17) is 4.98 Å². The van der Waals surface area contributed by atoms with Crippen molar-refractivity contribution in [1.82, 2.24) is 14.9 Å². The van der Waals surface area contributed by atoms with Crippen molar-refractivity contribution in [3.8, 4) is 11.4 Å². The zero-order chi connectivity index (χ0) is 17.5. The molecule has 1 heterocycles. The van der Waals surface area contributed by atoms with Crippen LogP contribution in [0.3, 0.4) is 0 Å². The van der Waals surface area contributed by atoms with Crippen LogP contribution in [0.2, 0.25) is 0 Å². The van der Waals surface area contributed by atoms with Crippen molar-refractivity contribution in [2.45, 2.75) is 26.4 Å². The van der Waals surface area contributed by atoms with Crippen LogP contribution in [-0.4, -0.2) is 15.5 Å². The molecule has 0 radical (unpaired) electrons. The van der Waals surface area contributed by atoms with Crippen LogP contribution in [0.4, 0.5) is 0 Å². The Kier molecular flexibility index (Phi) is 5.90. The van der Waals surface area contributed by atoms with Gasteiger partial charge in [0.05, 0.1) is 17.9 Å². The Morgan fingerprint density at radius 1 is 1.25 bits per heavy atom. The topological polar surface area (TPSA) is 46.9 Å². The summed E-state index contributed by atoms with van der Waals surface area (Å²) in [6.45, 7) is 14.0. The minimum absolute atomic E-state index is 0.160. The van der Waals surface area contributed by atoms with Crippen LogP contribution in [0.25, 0.3) is 11.4 Å². The molecule has 0 saturated heterocycles. The van der Waals surface area contributed by atoms with E-state index in [-0.39, 0.29) is 5.91 Å². The number of rotatable bonds is 8. The SMILES string of the molecule is C=CCc1nc(-c2ccccc2)n(CC=C)c1CNC(=O)C(=C)C. The van der Waals surface area contributed by atoms with E-state index in [1.807, 2.05) is 42.5 Å². The zero-order valence-corrected chi connectivity index (χ0v) is 14.1. The molecule has 0 unspecified atom stereocenters. The third-order valence-corrected chi connectivity index (χ3v) is 3.64. The van der Waals surface area contributed by atoms with Gasteiger partial charge in [0.25, 0.3) is 0 Å². The molecule has 0 saturated carbocycles. The number of imidazole rings is 1. The number of hydrogen-bond donors (Lipinski definition) is 1. The van der Waals surface area contributed by atoms with E-state index in [1.165, 1.54) is 0 Å². The van der Waals surface area contributed by atoms with Gasteiger partial charge in [0, 0.05) is 24.1 Å². The van der Waals surface area contributed by atoms with Crippen LogP contribution in [0.15, 0.2) is 67.8 Å². The monoisotopic (exact) mass is 321 g/mol. The second kappa shape index (κ2) is 8.11. The molecule has 124 valence electrons. The molecule has 0 aliphatic heterocycles. The number of nitrogens with one attached hydrogen (secondary N) is 1. The van der Waals surface area contributed by atoms with Gasteiger partial charge >= 0.3 is 0 Å². The van der Waals surface area contributed by atoms with E-state index in [0.29, 0.717) is 25.1 Å². The normalized spacial score (nSPS) is 10.2. The fourth-order valence-electron chi connectivity index (χ4n) is 2.48. The number of hydrogen-bond acceptors (Lipinski definition) is 2. The highest BCUT2D eigenvalue weighted by Gasteiger charge is 2.17. The molecule has 0 bridgehead atoms. The number of amides is 1. The van der Waals surface area contributed by atoms with Gasteiger partial charge in [-0.05, 0) is 6.92 Å². The van der Waals surface area contributed by atoms with Crippen LogP contribution in [0, 0.1) is 0 Å². The highest BCUT2D eigenvalue weighted by atomic mass is 16.1. The smallest absolute Gasteiger partial charge is 0.246 e. The Labute approximate surface area is 143 Å². The van der Waals surface area contributed by atoms with Crippen LogP contribution in [-0.2, 0) is 24.3 Å². The van der Waals surface area contributed by atoms with Crippen molar-refractivity contribution in [2.24, 2.45) is 0 Å². The molecule has 2 aromatic rings. The van der Waals surface area contributed by atoms with Gasteiger partial charge in [-0.1, -0.05) is 49.1 Å². The van der Waals surface area contributed by atoms with E-state index in [0.717, 1.165) is 22.8 Å². The Bertz CT molecular complexity index is 757. The minimum Gasteiger partial charge on any atom is -0.347 e. The summed E-state index contributed by atoms with van der Waals surface area (Å²) in [5.41, 5.74) is 3.39. The molecule has 0 aliphatic rings. The lowest BCUT2D eigenvalue weighted by Crippen LogP contribution is -2.25. The summed E-state index contributed by atoms with van der Waals surface area (Å²) in [6.07, 6.45) is 4.29. The number of benzene rings is 1. The van der Waals surface area contributed by atoms with Crippen molar-refractivity contribution in [2.75, 3.05) is 0 Å². The van der Waals surface area contributed by atoms with Crippen molar-refractivity contribution in [3.63, 3.8) is 0 Å². The average molecular weight is 321 g/mol. The Morgan fingerprint density at radius 2 is 1.96 bits per heavy atom. The van der Waals surface area contributed by atoms with Crippen LogP contribution in [0.1, 0.15) is 18.3 Å². The van der Waals surface area contributed by atoms with Gasteiger partial charge in [-0.3, -0.25) is 4.79 Å². The first-order chi connectivity index (χ1) is 11.6. The first-order valence-corrected chi connectivity index (χ1v) is 7.87. The average Bonchev–Trinajstić information content (AvgIpc) is 2.91. The van der Waals surface area contributed by atoms with E-state index < -0.39 is 0 Å². The molecule has 4 heteroatoms. The van der Waals surface area contributed by atoms with E-state index in [2.05, 4.69) is 29.6 Å². The molecule has 0 spiro atoms. The molecule has 0 atom stereocenters. The molecule has 1 amide bonds. The summed E-state index contributed by atoms with van der Waals surface area (Å²) < 4.78 is 2.08. The zero-order valence-electron chi connectivity index (χ0n) is 14.1. The summed E-state index contributed by atoms with van der Waals surface area (Å²) in [4.78, 5) is 16.6. The predicted octanol–water partition coefficient (Wildman–Crippen LogP) is 3.66. The lowest BCUT2D eigenvalue weighted by Gasteiger charge is -2.12. The summed E-state index contributed by atoms with van der Waals surface area (Å²) >= 11 is 0. The minimum atomic E-state index is -0.160. The standard InChI is InChI=1S/C20H23N3O/c1-5-10-17-18(14-21-20(24)15(3)4)23(13-6-2)19(22-17)16-11-8-7-9-12-16/h5-9,11-12H,1-3,10,13-14H2,4H3,(H,21,24). The summed E-state index contributed by atoms with van der Waals surface area (Å²) in [5.74, 6) is 0.707. The number of carbonyl (C=O) groups excluding carboxylic acids is 1. The fourth-order valence-corrected chi connectivity index (χ4v) is 2.48. The van der Waals surface area contributed by atoms with Crippen molar-refractivity contribution >= 4 is 5.91 Å². The number of aromatic nitrogens is 2. The van der Waals surface area contributed by atoms with Crippen LogP contribution < -0.4 is 5.32 Å². The predicted molar refractivity (Wildman–Crippen MR) is 98.4 cm³/mol. The summed E-state index contributed by atoms with van der Waals surface area (Å²) in [5, 5.41) is 2.89. The molecule has 2 rings (SSSR count). The quantitative estimate of drug-likeness (QED) is 0.596. The number of carbonyl (C=O) groups is 1. The Morgan fingerprint density at radius 3 is 2.54 bits per heavy atom. The van der Waals surface area contributed by atoms with Gasteiger partial charge in [-0.2, -0.15) is 0 Å². The van der Waals surface area contributed by atoms with Gasteiger partial charge < -0.3 is 9.88 Å². The molecule has 24 heavy (non-hydrogen) atoms. The highest BCUT2D eigenvalue weighted by Crippen LogP contribution is 2.23. The van der Waals surface area contributed by atoms with Crippen LogP contribution >= 0.6 is 0 Å². The Hall–Kier alpha value is -2.88. The second-order valence-corrected chi connectivity index (χ2v) is 5.55. The maximum Gasteiger partial charge on any atom is 0.246 e. The fraction of sp³-hybridized carbons (Fsp3) is 0.200. The molecule has 1 aromatic heterocycles. The molecule has 1 aromatic carbocycles. The first-order valence-electron chi connectivity index (χ1n) is 7.87. The molecule has 4 nitrogen and oxygen atoms in total. The lowest BCUT2D eigenvalue weighted by atomic mass is 10.2. The van der Waals surface area contributed by atoms with Gasteiger partial charge in [0.2, 0.25) is 5.91 Å². The molecule has 1 N–H and O–H groups in total. The highest BCUT2D eigenvalue weighted by molar-refractivity contribution is 5.92. The van der Waals surface area contributed by atoms with Crippen molar-refractivity contribution < 1.29 is 4.79 Å². The van der Waals surface area contributed by atoms with Crippen molar-refractivity contribution in [3.05, 3.63) is 79.2 Å². The molecule has 0 fully saturated rings. The van der Waals surface area contributed by atoms with Crippen LogP contribution in [0.5, 0.6) is 0 Å². The van der Waals surface area contributed by atoms with E-state index >= 15 is 0 Å².